The normalized spacial score (nSPS) is 10.1. The first-order chi connectivity index (χ1) is 9.17. The number of ether oxygens (including phenoxy) is 1. The molecule has 0 amide bonds. The van der Waals surface area contributed by atoms with Crippen LogP contribution in [-0.4, -0.2) is 17.1 Å². The molecular formula is C12H14BrN5O. The van der Waals surface area contributed by atoms with Gasteiger partial charge in [0.2, 0.25) is 5.75 Å². The Morgan fingerprint density at radius 1 is 1.26 bits per heavy atom. The van der Waals surface area contributed by atoms with Crippen molar-refractivity contribution in [2.24, 2.45) is 5.84 Å². The Morgan fingerprint density at radius 2 is 2.00 bits per heavy atom. The highest BCUT2D eigenvalue weighted by atomic mass is 79.9. The van der Waals surface area contributed by atoms with Crippen molar-refractivity contribution in [3.63, 3.8) is 0 Å². The number of methoxy groups -OCH3 is 1. The Balaban J connectivity index is 2.41. The van der Waals surface area contributed by atoms with Crippen LogP contribution in [0.4, 0.5) is 17.3 Å². The van der Waals surface area contributed by atoms with Crippen LogP contribution in [-0.2, 0) is 0 Å². The molecule has 0 fully saturated rings. The van der Waals surface area contributed by atoms with E-state index in [0.717, 1.165) is 15.7 Å². The molecule has 0 aliphatic rings. The summed E-state index contributed by atoms with van der Waals surface area (Å²) in [4.78, 5) is 8.15. The maximum absolute atomic E-state index is 5.39. The van der Waals surface area contributed by atoms with Crippen molar-refractivity contribution in [1.29, 1.82) is 0 Å². The minimum absolute atomic E-state index is 0.420. The first-order valence-corrected chi connectivity index (χ1v) is 6.34. The highest BCUT2D eigenvalue weighted by Crippen LogP contribution is 2.34. The van der Waals surface area contributed by atoms with E-state index in [1.165, 1.54) is 13.4 Å². The molecule has 0 radical (unpaired) electrons. The van der Waals surface area contributed by atoms with Crippen molar-refractivity contribution in [3.8, 4) is 5.75 Å². The molecule has 19 heavy (non-hydrogen) atoms. The average molecular weight is 324 g/mol. The summed E-state index contributed by atoms with van der Waals surface area (Å²) < 4.78 is 6.23. The van der Waals surface area contributed by atoms with Gasteiger partial charge in [0.1, 0.15) is 6.33 Å². The van der Waals surface area contributed by atoms with Crippen LogP contribution >= 0.6 is 15.9 Å². The SMILES string of the molecule is COc1c(NN)ncnc1Nc1cccc(C)c1Br. The molecule has 0 saturated heterocycles. The minimum Gasteiger partial charge on any atom is -0.490 e. The van der Waals surface area contributed by atoms with E-state index in [-0.39, 0.29) is 0 Å². The van der Waals surface area contributed by atoms with Crippen LogP contribution in [0.3, 0.4) is 0 Å². The highest BCUT2D eigenvalue weighted by molar-refractivity contribution is 9.10. The zero-order valence-corrected chi connectivity index (χ0v) is 12.2. The first-order valence-electron chi connectivity index (χ1n) is 5.55. The fourth-order valence-corrected chi connectivity index (χ4v) is 1.99. The van der Waals surface area contributed by atoms with Gasteiger partial charge in [0.25, 0.3) is 0 Å². The molecular weight excluding hydrogens is 310 g/mol. The number of hydrazine groups is 1. The Labute approximate surface area is 119 Å². The molecule has 2 aromatic rings. The van der Waals surface area contributed by atoms with Crippen LogP contribution < -0.4 is 21.3 Å². The number of nitrogens with two attached hydrogens (primary N) is 1. The Bertz CT molecular complexity index is 590. The van der Waals surface area contributed by atoms with Gasteiger partial charge < -0.3 is 15.5 Å². The number of halogens is 1. The molecule has 0 bridgehead atoms. The third kappa shape index (κ3) is 2.77. The van der Waals surface area contributed by atoms with Gasteiger partial charge >= 0.3 is 0 Å². The van der Waals surface area contributed by atoms with Crippen molar-refractivity contribution >= 4 is 33.3 Å². The monoisotopic (exact) mass is 323 g/mol. The lowest BCUT2D eigenvalue weighted by atomic mass is 10.2. The second-order valence-corrected chi connectivity index (χ2v) is 4.60. The number of nitrogens with one attached hydrogen (secondary N) is 2. The predicted octanol–water partition coefficient (Wildman–Crippen LogP) is 2.59. The van der Waals surface area contributed by atoms with Gasteiger partial charge in [-0.15, -0.1) is 0 Å². The summed E-state index contributed by atoms with van der Waals surface area (Å²) in [6, 6.07) is 5.91. The summed E-state index contributed by atoms with van der Waals surface area (Å²) >= 11 is 3.53. The second-order valence-electron chi connectivity index (χ2n) is 3.81. The summed E-state index contributed by atoms with van der Waals surface area (Å²) in [5.74, 6) is 6.80. The van der Waals surface area contributed by atoms with E-state index in [1.54, 1.807) is 0 Å². The number of nitrogen functional groups attached to an aromatic ring is 1. The molecule has 4 N–H and O–H groups in total. The van der Waals surface area contributed by atoms with E-state index in [2.05, 4.69) is 36.6 Å². The van der Waals surface area contributed by atoms with Crippen LogP contribution in [0.25, 0.3) is 0 Å². The smallest absolute Gasteiger partial charge is 0.205 e. The highest BCUT2D eigenvalue weighted by Gasteiger charge is 2.12. The van der Waals surface area contributed by atoms with E-state index < -0.39 is 0 Å². The van der Waals surface area contributed by atoms with Gasteiger partial charge in [-0.3, -0.25) is 0 Å². The molecule has 1 heterocycles. The summed E-state index contributed by atoms with van der Waals surface area (Å²) in [5, 5.41) is 3.19. The zero-order chi connectivity index (χ0) is 13.8. The molecule has 0 aliphatic carbocycles. The predicted molar refractivity (Wildman–Crippen MR) is 78.6 cm³/mol. The van der Waals surface area contributed by atoms with E-state index in [4.69, 9.17) is 10.6 Å². The number of nitrogens with zero attached hydrogens (tertiary/aromatic N) is 2. The topological polar surface area (TPSA) is 85.1 Å². The second kappa shape index (κ2) is 5.85. The number of aromatic nitrogens is 2. The van der Waals surface area contributed by atoms with Gasteiger partial charge in [0.15, 0.2) is 11.6 Å². The van der Waals surface area contributed by atoms with Gasteiger partial charge in [-0.1, -0.05) is 12.1 Å². The quantitative estimate of drug-likeness (QED) is 0.592. The van der Waals surface area contributed by atoms with E-state index in [9.17, 15) is 0 Å². The van der Waals surface area contributed by atoms with Crippen molar-refractivity contribution in [2.75, 3.05) is 17.9 Å². The third-order valence-corrected chi connectivity index (χ3v) is 3.64. The molecule has 0 saturated carbocycles. The number of benzene rings is 1. The molecule has 0 aliphatic heterocycles. The van der Waals surface area contributed by atoms with Crippen molar-refractivity contribution in [2.45, 2.75) is 6.92 Å². The Hall–Kier alpha value is -1.86. The fraction of sp³-hybridized carbons (Fsp3) is 0.167. The summed E-state index contributed by atoms with van der Waals surface area (Å²) in [7, 11) is 1.54. The van der Waals surface area contributed by atoms with Crippen LogP contribution in [0.5, 0.6) is 5.75 Å². The molecule has 1 aromatic carbocycles. The average Bonchev–Trinajstić information content (AvgIpc) is 2.43. The standard InChI is InChI=1S/C12H14BrN5O/c1-7-4-3-5-8(9(7)13)17-11-10(19-2)12(18-14)16-6-15-11/h3-6H,14H2,1-2H3,(H2,15,16,17,18). The Morgan fingerprint density at radius 3 is 2.68 bits per heavy atom. The molecule has 6 nitrogen and oxygen atoms in total. The summed E-state index contributed by atoms with van der Waals surface area (Å²) in [6.07, 6.45) is 1.41. The maximum Gasteiger partial charge on any atom is 0.205 e. The Kier molecular flexibility index (Phi) is 4.18. The first kappa shape index (κ1) is 13.6. The van der Waals surface area contributed by atoms with Crippen molar-refractivity contribution < 1.29 is 4.74 Å². The van der Waals surface area contributed by atoms with Gasteiger partial charge in [0, 0.05) is 4.47 Å². The van der Waals surface area contributed by atoms with Gasteiger partial charge in [0.05, 0.1) is 12.8 Å². The van der Waals surface area contributed by atoms with Gasteiger partial charge in [-0.2, -0.15) is 0 Å². The lowest BCUT2D eigenvalue weighted by Gasteiger charge is -2.14. The molecule has 1 aromatic heterocycles. The fourth-order valence-electron chi connectivity index (χ4n) is 1.63. The molecule has 0 spiro atoms. The number of anilines is 3. The third-order valence-electron chi connectivity index (χ3n) is 2.59. The van der Waals surface area contributed by atoms with E-state index >= 15 is 0 Å². The molecule has 100 valence electrons. The summed E-state index contributed by atoms with van der Waals surface area (Å²) in [5.41, 5.74) is 4.48. The van der Waals surface area contributed by atoms with Crippen LogP contribution in [0.15, 0.2) is 29.0 Å². The van der Waals surface area contributed by atoms with Crippen LogP contribution in [0.2, 0.25) is 0 Å². The van der Waals surface area contributed by atoms with Gasteiger partial charge in [-0.25, -0.2) is 15.8 Å². The molecule has 2 rings (SSSR count). The maximum atomic E-state index is 5.39. The largest absolute Gasteiger partial charge is 0.490 e. The molecule has 7 heteroatoms. The molecule has 0 atom stereocenters. The minimum atomic E-state index is 0.420. The lowest BCUT2D eigenvalue weighted by Crippen LogP contribution is -2.11. The number of hydrogen-bond donors (Lipinski definition) is 3. The van der Waals surface area contributed by atoms with E-state index in [0.29, 0.717) is 17.4 Å². The van der Waals surface area contributed by atoms with Gasteiger partial charge in [-0.05, 0) is 34.5 Å². The van der Waals surface area contributed by atoms with Crippen LogP contribution in [0.1, 0.15) is 5.56 Å². The van der Waals surface area contributed by atoms with Crippen LogP contribution in [0, 0.1) is 6.92 Å². The zero-order valence-electron chi connectivity index (χ0n) is 10.6. The number of hydrogen-bond acceptors (Lipinski definition) is 6. The van der Waals surface area contributed by atoms with Crippen molar-refractivity contribution in [1.82, 2.24) is 9.97 Å². The summed E-state index contributed by atoms with van der Waals surface area (Å²) in [6.45, 7) is 2.01. The number of rotatable bonds is 4. The molecule has 0 unspecified atom stereocenters. The van der Waals surface area contributed by atoms with E-state index in [1.807, 2.05) is 25.1 Å². The number of aryl methyl sites for hydroxylation is 1. The lowest BCUT2D eigenvalue weighted by molar-refractivity contribution is 0.415. The van der Waals surface area contributed by atoms with Crippen molar-refractivity contribution in [3.05, 3.63) is 34.6 Å².